The van der Waals surface area contributed by atoms with Gasteiger partial charge in [-0.25, -0.2) is 0 Å². The molecule has 0 bridgehead atoms. The molecule has 0 spiro atoms. The first kappa shape index (κ1) is 15.7. The minimum Gasteiger partial charge on any atom is -0.398 e. The van der Waals surface area contributed by atoms with E-state index in [-0.39, 0.29) is 0 Å². The molecular formula is C16H24N4. The smallest absolute Gasteiger partial charge is 0.0547 e. The maximum absolute atomic E-state index is 5.90. The van der Waals surface area contributed by atoms with Gasteiger partial charge < -0.3 is 22.9 Å². The Morgan fingerprint density at radius 3 is 1.00 bits per heavy atom. The second kappa shape index (κ2) is 6.19. The molecule has 4 nitrogen and oxygen atoms in total. The van der Waals surface area contributed by atoms with Crippen LogP contribution in [0.2, 0.25) is 0 Å². The molecule has 0 saturated carbocycles. The molecule has 2 aromatic carbocycles. The van der Waals surface area contributed by atoms with Crippen molar-refractivity contribution in [2.45, 2.75) is 27.7 Å². The Bertz CT molecular complexity index is 492. The van der Waals surface area contributed by atoms with Crippen molar-refractivity contribution in [3.63, 3.8) is 0 Å². The van der Waals surface area contributed by atoms with Gasteiger partial charge in [0.1, 0.15) is 0 Å². The number of nitrogens with two attached hydrogens (primary N) is 4. The number of benzene rings is 2. The summed E-state index contributed by atoms with van der Waals surface area (Å²) in [7, 11) is 0. The Morgan fingerprint density at radius 1 is 0.550 bits per heavy atom. The highest BCUT2D eigenvalue weighted by atomic mass is 14.7. The zero-order valence-corrected chi connectivity index (χ0v) is 12.6. The van der Waals surface area contributed by atoms with Crippen molar-refractivity contribution >= 4 is 22.7 Å². The fourth-order valence-electron chi connectivity index (χ4n) is 1.88. The molecule has 2 rings (SSSR count). The number of hydrogen-bond acceptors (Lipinski definition) is 4. The Labute approximate surface area is 120 Å². The van der Waals surface area contributed by atoms with Crippen LogP contribution in [0.15, 0.2) is 24.3 Å². The molecule has 0 fully saturated rings. The van der Waals surface area contributed by atoms with Crippen molar-refractivity contribution in [2.75, 3.05) is 22.9 Å². The molecule has 0 radical (unpaired) electrons. The summed E-state index contributed by atoms with van der Waals surface area (Å²) in [5.41, 5.74) is 30.1. The standard InChI is InChI=1S/C10H16N2.C6H8N2/c1-5-6(2)10(12)8(4)7(3)9(5)11;7-5-3-1-2-4-6(5)8/h11-12H2,1-4H3;1-4H,7-8H2. The van der Waals surface area contributed by atoms with Gasteiger partial charge in [0.15, 0.2) is 0 Å². The average molecular weight is 272 g/mol. The molecule has 0 aromatic heterocycles. The van der Waals surface area contributed by atoms with E-state index in [1.165, 1.54) is 0 Å². The highest BCUT2D eigenvalue weighted by Gasteiger charge is 2.09. The van der Waals surface area contributed by atoms with Crippen LogP contribution < -0.4 is 22.9 Å². The van der Waals surface area contributed by atoms with Crippen LogP contribution >= 0.6 is 0 Å². The van der Waals surface area contributed by atoms with Crippen molar-refractivity contribution in [1.29, 1.82) is 0 Å². The third-order valence-electron chi connectivity index (χ3n) is 3.74. The Morgan fingerprint density at radius 2 is 0.800 bits per heavy atom. The number of anilines is 4. The van der Waals surface area contributed by atoms with Gasteiger partial charge >= 0.3 is 0 Å². The van der Waals surface area contributed by atoms with E-state index in [0.717, 1.165) is 33.6 Å². The van der Waals surface area contributed by atoms with Crippen LogP contribution in [-0.4, -0.2) is 0 Å². The van der Waals surface area contributed by atoms with Crippen LogP contribution in [-0.2, 0) is 0 Å². The molecule has 0 aliphatic carbocycles. The van der Waals surface area contributed by atoms with Crippen molar-refractivity contribution in [1.82, 2.24) is 0 Å². The van der Waals surface area contributed by atoms with Gasteiger partial charge in [-0.1, -0.05) is 12.1 Å². The summed E-state index contributed by atoms with van der Waals surface area (Å²) in [6, 6.07) is 7.25. The largest absolute Gasteiger partial charge is 0.398 e. The van der Waals surface area contributed by atoms with Crippen molar-refractivity contribution in [3.05, 3.63) is 46.5 Å². The second-order valence-electron chi connectivity index (χ2n) is 4.96. The average Bonchev–Trinajstić information content (AvgIpc) is 2.45. The van der Waals surface area contributed by atoms with Crippen molar-refractivity contribution in [3.8, 4) is 0 Å². The maximum Gasteiger partial charge on any atom is 0.0547 e. The molecule has 108 valence electrons. The molecule has 0 aliphatic rings. The van der Waals surface area contributed by atoms with Gasteiger partial charge in [-0.3, -0.25) is 0 Å². The van der Waals surface area contributed by atoms with Crippen LogP contribution in [0.3, 0.4) is 0 Å². The third kappa shape index (κ3) is 3.15. The maximum atomic E-state index is 5.90. The zero-order chi connectivity index (χ0) is 15.4. The molecule has 0 atom stereocenters. The Balaban J connectivity index is 0.000000217. The number of para-hydroxylation sites is 2. The third-order valence-corrected chi connectivity index (χ3v) is 3.74. The van der Waals surface area contributed by atoms with E-state index in [4.69, 9.17) is 22.9 Å². The van der Waals surface area contributed by atoms with E-state index in [0.29, 0.717) is 11.4 Å². The van der Waals surface area contributed by atoms with Gasteiger partial charge in [-0.2, -0.15) is 0 Å². The zero-order valence-electron chi connectivity index (χ0n) is 12.6. The van der Waals surface area contributed by atoms with Gasteiger partial charge in [0.2, 0.25) is 0 Å². The predicted octanol–water partition coefficient (Wildman–Crippen LogP) is 2.94. The lowest BCUT2D eigenvalue weighted by Crippen LogP contribution is -2.04. The van der Waals surface area contributed by atoms with E-state index in [1.54, 1.807) is 12.1 Å². The normalized spacial score (nSPS) is 9.80. The van der Waals surface area contributed by atoms with Crippen LogP contribution in [0, 0.1) is 27.7 Å². The summed E-state index contributed by atoms with van der Waals surface area (Å²) < 4.78 is 0. The molecule has 0 aliphatic heterocycles. The molecule has 2 aromatic rings. The molecular weight excluding hydrogens is 248 g/mol. The van der Waals surface area contributed by atoms with Gasteiger partial charge in [0, 0.05) is 11.4 Å². The Hall–Kier alpha value is -2.36. The minimum absolute atomic E-state index is 0.646. The summed E-state index contributed by atoms with van der Waals surface area (Å²) in [5.74, 6) is 0. The molecule has 8 N–H and O–H groups in total. The molecule has 0 heterocycles. The molecule has 0 amide bonds. The molecule has 0 saturated heterocycles. The summed E-state index contributed by atoms with van der Waals surface area (Å²) in [4.78, 5) is 0. The van der Waals surface area contributed by atoms with E-state index in [1.807, 2.05) is 39.8 Å². The lowest BCUT2D eigenvalue weighted by molar-refractivity contribution is 1.26. The lowest BCUT2D eigenvalue weighted by Gasteiger charge is -2.14. The van der Waals surface area contributed by atoms with Crippen LogP contribution in [0.5, 0.6) is 0 Å². The van der Waals surface area contributed by atoms with Gasteiger partial charge in [-0.15, -0.1) is 0 Å². The summed E-state index contributed by atoms with van der Waals surface area (Å²) in [6.07, 6.45) is 0. The summed E-state index contributed by atoms with van der Waals surface area (Å²) in [6.45, 7) is 8.03. The van der Waals surface area contributed by atoms with Crippen molar-refractivity contribution in [2.24, 2.45) is 0 Å². The monoisotopic (exact) mass is 272 g/mol. The fraction of sp³-hybridized carbons (Fsp3) is 0.250. The van der Waals surface area contributed by atoms with Gasteiger partial charge in [0.25, 0.3) is 0 Å². The second-order valence-corrected chi connectivity index (χ2v) is 4.96. The van der Waals surface area contributed by atoms with Crippen LogP contribution in [0.1, 0.15) is 22.3 Å². The highest BCUT2D eigenvalue weighted by molar-refractivity contribution is 5.69. The van der Waals surface area contributed by atoms with E-state index in [9.17, 15) is 0 Å². The first-order valence-corrected chi connectivity index (χ1v) is 6.48. The SMILES string of the molecule is Cc1c(C)c(N)c(C)c(C)c1N.Nc1ccccc1N. The van der Waals surface area contributed by atoms with Gasteiger partial charge in [-0.05, 0) is 62.1 Å². The van der Waals surface area contributed by atoms with E-state index < -0.39 is 0 Å². The minimum atomic E-state index is 0.646. The highest BCUT2D eigenvalue weighted by Crippen LogP contribution is 2.29. The number of rotatable bonds is 0. The summed E-state index contributed by atoms with van der Waals surface area (Å²) in [5, 5.41) is 0. The van der Waals surface area contributed by atoms with E-state index >= 15 is 0 Å². The fourth-order valence-corrected chi connectivity index (χ4v) is 1.88. The van der Waals surface area contributed by atoms with Crippen LogP contribution in [0.4, 0.5) is 22.7 Å². The number of nitrogen functional groups attached to an aromatic ring is 4. The van der Waals surface area contributed by atoms with E-state index in [2.05, 4.69) is 0 Å². The van der Waals surface area contributed by atoms with Crippen molar-refractivity contribution < 1.29 is 0 Å². The predicted molar refractivity (Wildman–Crippen MR) is 89.5 cm³/mol. The summed E-state index contributed by atoms with van der Waals surface area (Å²) >= 11 is 0. The van der Waals surface area contributed by atoms with Crippen LogP contribution in [0.25, 0.3) is 0 Å². The molecule has 20 heavy (non-hydrogen) atoms. The van der Waals surface area contributed by atoms with Gasteiger partial charge in [0.05, 0.1) is 11.4 Å². The number of hydrogen-bond donors (Lipinski definition) is 4. The lowest BCUT2D eigenvalue weighted by atomic mass is 9.97. The molecule has 0 unspecified atom stereocenters. The first-order chi connectivity index (χ1) is 9.27. The first-order valence-electron chi connectivity index (χ1n) is 6.48. The Kier molecular flexibility index (Phi) is 4.86. The topological polar surface area (TPSA) is 104 Å². The molecule has 4 heteroatoms. The quantitative estimate of drug-likeness (QED) is 0.553.